The fraction of sp³-hybridized carbons (Fsp3) is 0.647. The van der Waals surface area contributed by atoms with Crippen LogP contribution in [0.2, 0.25) is 0 Å². The van der Waals surface area contributed by atoms with E-state index < -0.39 is 15.4 Å². The molecule has 1 saturated carbocycles. The van der Waals surface area contributed by atoms with Crippen molar-refractivity contribution in [1.29, 1.82) is 0 Å². The molecule has 1 fully saturated rings. The largest absolute Gasteiger partial charge is 0.285 e. The normalized spacial score (nSPS) is 18.6. The monoisotopic (exact) mass is 310 g/mol. The van der Waals surface area contributed by atoms with E-state index in [1.54, 1.807) is 6.92 Å². The van der Waals surface area contributed by atoms with Crippen LogP contribution in [-0.4, -0.2) is 18.2 Å². The minimum absolute atomic E-state index is 0.506. The molecule has 0 radical (unpaired) electrons. The lowest BCUT2D eigenvalue weighted by molar-refractivity contribution is 0.443. The van der Waals surface area contributed by atoms with Crippen molar-refractivity contribution in [3.63, 3.8) is 0 Å². The summed E-state index contributed by atoms with van der Waals surface area (Å²) >= 11 is 0. The molecule has 0 saturated heterocycles. The van der Waals surface area contributed by atoms with Crippen LogP contribution < -0.4 is 0 Å². The van der Waals surface area contributed by atoms with Crippen LogP contribution >= 0.6 is 0 Å². The van der Waals surface area contributed by atoms with Gasteiger partial charge < -0.3 is 0 Å². The second-order valence-corrected chi connectivity index (χ2v) is 8.13. The lowest BCUT2D eigenvalue weighted by Crippen LogP contribution is -2.16. The van der Waals surface area contributed by atoms with Crippen LogP contribution in [0, 0.1) is 0 Å². The molecule has 21 heavy (non-hydrogen) atoms. The summed E-state index contributed by atoms with van der Waals surface area (Å²) in [7, 11) is -3.88. The van der Waals surface area contributed by atoms with Crippen molar-refractivity contribution in [2.45, 2.75) is 69.5 Å². The molecule has 118 valence electrons. The molecule has 1 N–H and O–H groups in total. The Hall–Kier alpha value is -0.870. The highest BCUT2D eigenvalue weighted by atomic mass is 32.2. The second-order valence-electron chi connectivity index (χ2n) is 6.30. The Balaban J connectivity index is 1.89. The molecule has 1 aliphatic rings. The summed E-state index contributed by atoms with van der Waals surface area (Å²) < 4.78 is 30.9. The van der Waals surface area contributed by atoms with Crippen molar-refractivity contribution >= 4 is 10.1 Å². The molecule has 1 aromatic rings. The summed E-state index contributed by atoms with van der Waals surface area (Å²) in [4.78, 5) is 0. The molecule has 2 rings (SSSR count). The molecule has 0 bridgehead atoms. The maximum absolute atomic E-state index is 11.0. The molecule has 3 nitrogen and oxygen atoms in total. The van der Waals surface area contributed by atoms with Gasteiger partial charge in [0.25, 0.3) is 10.1 Å². The lowest BCUT2D eigenvalue weighted by Gasteiger charge is -2.22. The number of aryl methyl sites for hydroxylation is 1. The zero-order valence-corrected chi connectivity index (χ0v) is 13.6. The Morgan fingerprint density at radius 2 is 1.95 bits per heavy atom. The van der Waals surface area contributed by atoms with Gasteiger partial charge in [-0.2, -0.15) is 8.42 Å². The summed E-state index contributed by atoms with van der Waals surface area (Å²) in [5.74, 6) is 0.704. The van der Waals surface area contributed by atoms with Crippen molar-refractivity contribution in [3.05, 3.63) is 35.4 Å². The molecular weight excluding hydrogens is 284 g/mol. The van der Waals surface area contributed by atoms with Gasteiger partial charge in [-0.15, -0.1) is 0 Å². The van der Waals surface area contributed by atoms with Gasteiger partial charge in [0.05, 0.1) is 5.25 Å². The van der Waals surface area contributed by atoms with E-state index in [4.69, 9.17) is 4.55 Å². The molecule has 0 spiro atoms. The molecule has 0 aromatic heterocycles. The molecule has 0 amide bonds. The first-order chi connectivity index (χ1) is 9.97. The van der Waals surface area contributed by atoms with E-state index in [9.17, 15) is 8.42 Å². The third-order valence-electron chi connectivity index (χ3n) is 4.61. The standard InChI is InChI=1S/C17H26O3S/c1-14(21(18,19)20)7-5-8-15-9-6-12-17(13-15)16-10-3-2-4-11-16/h6,9,12-14,16H,2-5,7-8,10-11H2,1H3,(H,18,19,20). The first kappa shape index (κ1) is 16.5. The van der Waals surface area contributed by atoms with Crippen molar-refractivity contribution in [2.75, 3.05) is 0 Å². The fourth-order valence-electron chi connectivity index (χ4n) is 3.18. The smallest absolute Gasteiger partial charge is 0.267 e. The summed E-state index contributed by atoms with van der Waals surface area (Å²) in [5.41, 5.74) is 2.72. The van der Waals surface area contributed by atoms with Gasteiger partial charge >= 0.3 is 0 Å². The van der Waals surface area contributed by atoms with Gasteiger partial charge in [0.1, 0.15) is 0 Å². The minimum Gasteiger partial charge on any atom is -0.285 e. The van der Waals surface area contributed by atoms with Crippen molar-refractivity contribution in [1.82, 2.24) is 0 Å². The van der Waals surface area contributed by atoms with Gasteiger partial charge in [0, 0.05) is 0 Å². The van der Waals surface area contributed by atoms with Crippen LogP contribution in [0.3, 0.4) is 0 Å². The first-order valence-electron chi connectivity index (χ1n) is 8.02. The van der Waals surface area contributed by atoms with Crippen molar-refractivity contribution in [3.8, 4) is 0 Å². The van der Waals surface area contributed by atoms with E-state index in [0.29, 0.717) is 12.3 Å². The lowest BCUT2D eigenvalue weighted by atomic mass is 9.83. The maximum Gasteiger partial charge on any atom is 0.267 e. The van der Waals surface area contributed by atoms with Crippen molar-refractivity contribution in [2.24, 2.45) is 0 Å². The quantitative estimate of drug-likeness (QED) is 0.795. The van der Waals surface area contributed by atoms with Gasteiger partial charge in [-0.05, 0) is 56.1 Å². The molecule has 1 atom stereocenters. The Morgan fingerprint density at radius 1 is 1.24 bits per heavy atom. The van der Waals surface area contributed by atoms with Gasteiger partial charge in [-0.3, -0.25) is 4.55 Å². The van der Waals surface area contributed by atoms with Gasteiger partial charge in [0.2, 0.25) is 0 Å². The average molecular weight is 310 g/mol. The first-order valence-corrected chi connectivity index (χ1v) is 9.52. The molecule has 0 heterocycles. The van der Waals surface area contributed by atoms with Crippen LogP contribution in [0.15, 0.2) is 24.3 Å². The van der Waals surface area contributed by atoms with Crippen LogP contribution in [0.1, 0.15) is 68.9 Å². The topological polar surface area (TPSA) is 54.4 Å². The zero-order valence-electron chi connectivity index (χ0n) is 12.8. The maximum atomic E-state index is 11.0. The highest BCUT2D eigenvalue weighted by molar-refractivity contribution is 7.86. The predicted octanol–water partition coefficient (Wildman–Crippen LogP) is 4.33. The van der Waals surface area contributed by atoms with E-state index >= 15 is 0 Å². The summed E-state index contributed by atoms with van der Waals surface area (Å²) in [6.07, 6.45) is 8.79. The van der Waals surface area contributed by atoms with E-state index in [2.05, 4.69) is 24.3 Å². The van der Waals surface area contributed by atoms with E-state index in [1.807, 2.05) is 0 Å². The van der Waals surface area contributed by atoms with E-state index in [-0.39, 0.29) is 0 Å². The number of rotatable bonds is 6. The Labute approximate surface area is 128 Å². The van der Waals surface area contributed by atoms with Crippen LogP contribution in [0.4, 0.5) is 0 Å². The molecule has 4 heteroatoms. The third-order valence-corrected chi connectivity index (χ3v) is 5.86. The summed E-state index contributed by atoms with van der Waals surface area (Å²) in [6, 6.07) is 8.74. The van der Waals surface area contributed by atoms with Crippen LogP contribution in [0.25, 0.3) is 0 Å². The molecule has 0 aliphatic heterocycles. The second kappa shape index (κ2) is 7.41. The molecule has 1 aromatic carbocycles. The molecule has 1 aliphatic carbocycles. The summed E-state index contributed by atoms with van der Waals surface area (Å²) in [5, 5.41) is -0.668. The number of hydrogen-bond donors (Lipinski definition) is 1. The number of hydrogen-bond acceptors (Lipinski definition) is 2. The van der Waals surface area contributed by atoms with Gasteiger partial charge in [-0.25, -0.2) is 0 Å². The van der Waals surface area contributed by atoms with Crippen LogP contribution in [-0.2, 0) is 16.5 Å². The summed E-state index contributed by atoms with van der Waals surface area (Å²) in [6.45, 7) is 1.56. The number of benzene rings is 1. The molecular formula is C17H26O3S. The third kappa shape index (κ3) is 5.11. The SMILES string of the molecule is CC(CCCc1cccc(C2CCCCC2)c1)S(=O)(=O)O. The van der Waals surface area contributed by atoms with Crippen molar-refractivity contribution < 1.29 is 13.0 Å². The van der Waals surface area contributed by atoms with Gasteiger partial charge in [-0.1, -0.05) is 43.5 Å². The predicted molar refractivity (Wildman–Crippen MR) is 86.2 cm³/mol. The fourth-order valence-corrected chi connectivity index (χ4v) is 3.65. The Morgan fingerprint density at radius 3 is 2.62 bits per heavy atom. The Bertz CT molecular complexity index is 545. The molecule has 1 unspecified atom stereocenters. The minimum atomic E-state index is -3.88. The van der Waals surface area contributed by atoms with Crippen LogP contribution in [0.5, 0.6) is 0 Å². The van der Waals surface area contributed by atoms with E-state index in [0.717, 1.165) is 12.8 Å². The van der Waals surface area contributed by atoms with E-state index in [1.165, 1.54) is 43.2 Å². The highest BCUT2D eigenvalue weighted by Crippen LogP contribution is 2.33. The van der Waals surface area contributed by atoms with Gasteiger partial charge in [0.15, 0.2) is 0 Å². The average Bonchev–Trinajstić information content (AvgIpc) is 2.47. The zero-order chi connectivity index (χ0) is 15.3. The Kier molecular flexibility index (Phi) is 5.82. The highest BCUT2D eigenvalue weighted by Gasteiger charge is 2.17.